The van der Waals surface area contributed by atoms with Gasteiger partial charge < -0.3 is 9.64 Å². The maximum atomic E-state index is 15.0. The third-order valence-electron chi connectivity index (χ3n) is 7.60. The lowest BCUT2D eigenvalue weighted by molar-refractivity contribution is 0.207. The molecule has 0 bridgehead atoms. The smallest absolute Gasteiger partial charge is 0.190 e. The highest BCUT2D eigenvalue weighted by atomic mass is 19.1. The molecule has 206 valence electrons. The van der Waals surface area contributed by atoms with E-state index in [1.807, 2.05) is 37.5 Å². The first-order valence-electron chi connectivity index (χ1n) is 13.7. The summed E-state index contributed by atoms with van der Waals surface area (Å²) in [7, 11) is 1.87. The molecule has 2 aliphatic heterocycles. The van der Waals surface area contributed by atoms with E-state index in [1.165, 1.54) is 23.3 Å². The molecule has 3 heterocycles. The highest BCUT2D eigenvalue weighted by Crippen LogP contribution is 2.31. The number of amidine groups is 1. The highest BCUT2D eigenvalue weighted by Gasteiger charge is 2.24. The number of hydrogen-bond acceptors (Lipinski definition) is 7. The summed E-state index contributed by atoms with van der Waals surface area (Å²) in [6.45, 7) is 6.31. The van der Waals surface area contributed by atoms with Crippen LogP contribution in [0.5, 0.6) is 5.75 Å². The summed E-state index contributed by atoms with van der Waals surface area (Å²) in [5.41, 5.74) is 10.4. The van der Waals surface area contributed by atoms with Gasteiger partial charge in [0.2, 0.25) is 0 Å². The monoisotopic (exact) mass is 534 g/mol. The van der Waals surface area contributed by atoms with Crippen LogP contribution < -0.4 is 20.7 Å². The molecule has 7 nitrogen and oxygen atoms in total. The fourth-order valence-corrected chi connectivity index (χ4v) is 5.13. The van der Waals surface area contributed by atoms with Gasteiger partial charge in [0.1, 0.15) is 11.7 Å². The second-order valence-corrected chi connectivity index (χ2v) is 10.2. The molecule has 0 saturated carbocycles. The van der Waals surface area contributed by atoms with Crippen LogP contribution in [0, 0.1) is 17.6 Å². The molecular weight excluding hydrogens is 498 g/mol. The molecule has 3 aromatic rings. The first-order chi connectivity index (χ1) is 18.9. The number of nitrogens with zero attached hydrogens (tertiary/aromatic N) is 4. The van der Waals surface area contributed by atoms with Crippen LogP contribution in [0.2, 0.25) is 0 Å². The van der Waals surface area contributed by atoms with E-state index in [0.29, 0.717) is 18.6 Å². The van der Waals surface area contributed by atoms with Gasteiger partial charge in [-0.15, -0.1) is 10.6 Å². The predicted octanol–water partition coefficient (Wildman–Crippen LogP) is 5.26. The lowest BCUT2D eigenvalue weighted by atomic mass is 9.97. The molecule has 5 rings (SSSR count). The molecule has 2 aromatic carbocycles. The Balaban J connectivity index is 1.17. The van der Waals surface area contributed by atoms with E-state index < -0.39 is 11.6 Å². The maximum Gasteiger partial charge on any atom is 0.190 e. The second-order valence-electron chi connectivity index (χ2n) is 10.2. The number of benzene rings is 2. The molecule has 0 unspecified atom stereocenters. The van der Waals surface area contributed by atoms with Crippen molar-refractivity contribution in [3.05, 3.63) is 77.0 Å². The molecule has 39 heavy (non-hydrogen) atoms. The van der Waals surface area contributed by atoms with Gasteiger partial charge in [0, 0.05) is 32.8 Å². The van der Waals surface area contributed by atoms with Crippen molar-refractivity contribution in [1.29, 1.82) is 0 Å². The molecule has 0 amide bonds. The van der Waals surface area contributed by atoms with E-state index in [0.717, 1.165) is 61.6 Å². The summed E-state index contributed by atoms with van der Waals surface area (Å²) in [5, 5.41) is 5.97. The molecule has 2 N–H and O–H groups in total. The largest absolute Gasteiger partial charge is 0.487 e. The zero-order chi connectivity index (χ0) is 27.4. The molecule has 9 heteroatoms. The molecule has 1 aromatic heterocycles. The number of hydrazine groups is 2. The number of rotatable bonds is 9. The first-order valence-corrected chi connectivity index (χ1v) is 13.7. The van der Waals surface area contributed by atoms with E-state index in [2.05, 4.69) is 41.0 Å². The molecule has 0 radical (unpaired) electrons. The van der Waals surface area contributed by atoms with Crippen LogP contribution in [-0.4, -0.2) is 42.6 Å². The van der Waals surface area contributed by atoms with Crippen LogP contribution in [0.3, 0.4) is 0 Å². The first kappa shape index (κ1) is 26.9. The van der Waals surface area contributed by atoms with Crippen molar-refractivity contribution in [3.8, 4) is 16.9 Å². The Morgan fingerprint density at radius 2 is 1.67 bits per heavy atom. The van der Waals surface area contributed by atoms with E-state index in [1.54, 1.807) is 5.01 Å². The third-order valence-corrected chi connectivity index (χ3v) is 7.60. The molecule has 0 atom stereocenters. The topological polar surface area (TPSA) is 65.0 Å². The van der Waals surface area contributed by atoms with E-state index >= 15 is 0 Å². The summed E-state index contributed by atoms with van der Waals surface area (Å²) >= 11 is 0. The quantitative estimate of drug-likeness (QED) is 0.391. The van der Waals surface area contributed by atoms with Gasteiger partial charge in [0.05, 0.1) is 6.61 Å². The number of nitrogens with one attached hydrogen (secondary N) is 2. The fourth-order valence-electron chi connectivity index (χ4n) is 5.13. The summed E-state index contributed by atoms with van der Waals surface area (Å²) in [6.07, 6.45) is 6.30. The minimum Gasteiger partial charge on any atom is -0.487 e. The van der Waals surface area contributed by atoms with Crippen LogP contribution in [-0.2, 0) is 19.3 Å². The number of aryl methyl sites for hydroxylation is 2. The van der Waals surface area contributed by atoms with E-state index in [4.69, 9.17) is 9.72 Å². The zero-order valence-corrected chi connectivity index (χ0v) is 22.8. The van der Waals surface area contributed by atoms with Crippen LogP contribution in [0.15, 0.2) is 53.8 Å². The number of hydrazone groups is 1. The van der Waals surface area contributed by atoms with Crippen molar-refractivity contribution >= 4 is 11.7 Å². The molecule has 1 fully saturated rings. The number of anilines is 1. The fraction of sp³-hybridized carbons (Fsp3) is 0.400. The molecule has 1 saturated heterocycles. The van der Waals surface area contributed by atoms with Crippen molar-refractivity contribution in [2.45, 2.75) is 46.0 Å². The number of ether oxygens (including phenoxy) is 1. The molecular formula is C30H36F2N6O. The van der Waals surface area contributed by atoms with Gasteiger partial charge >= 0.3 is 0 Å². The van der Waals surface area contributed by atoms with Gasteiger partial charge in [-0.3, -0.25) is 5.01 Å². The van der Waals surface area contributed by atoms with Crippen LogP contribution in [0.1, 0.15) is 43.4 Å². The Bertz CT molecular complexity index is 1300. The standard InChI is InChI=1S/C30H36F2N6O/c1-4-20-14-23(5-2)30(33-18-20)38-12-10-22(11-13-38)19-39-29-26(31)16-25(17-27(29)32)24-8-6-21(7-9-24)15-28-34-35-36-37(28)3/h6-9,14,16-18,22,35-36H,4-5,10-13,15,19H2,1-3H3. The Morgan fingerprint density at radius 3 is 2.28 bits per heavy atom. The van der Waals surface area contributed by atoms with Gasteiger partial charge in [-0.05, 0) is 71.6 Å². The van der Waals surface area contributed by atoms with Gasteiger partial charge in [0.15, 0.2) is 17.4 Å². The van der Waals surface area contributed by atoms with E-state index in [-0.39, 0.29) is 11.7 Å². The van der Waals surface area contributed by atoms with Crippen LogP contribution in [0.25, 0.3) is 11.1 Å². The van der Waals surface area contributed by atoms with Gasteiger partial charge in [-0.25, -0.2) is 19.3 Å². The number of likely N-dealkylation sites (N-methyl/N-ethyl adjacent to an activating group) is 1. The Kier molecular flexibility index (Phi) is 8.26. The SMILES string of the molecule is CCc1cnc(N2CCC(COc3c(F)cc(-c4ccc(CC5=NNNN5C)cc4)cc3F)CC2)c(CC)c1. The number of aromatic nitrogens is 1. The molecule has 0 spiro atoms. The Hall–Kier alpha value is -3.72. The minimum atomic E-state index is -0.682. The molecule has 2 aliphatic rings. The van der Waals surface area contributed by atoms with Gasteiger partial charge in [-0.2, -0.15) is 0 Å². The highest BCUT2D eigenvalue weighted by molar-refractivity contribution is 5.84. The summed E-state index contributed by atoms with van der Waals surface area (Å²) in [5.74, 6) is 0.478. The summed E-state index contributed by atoms with van der Waals surface area (Å²) < 4.78 is 35.6. The molecule has 0 aliphatic carbocycles. The lowest BCUT2D eigenvalue weighted by Gasteiger charge is -2.34. The normalized spacial score (nSPS) is 15.9. The lowest BCUT2D eigenvalue weighted by Crippen LogP contribution is -2.37. The van der Waals surface area contributed by atoms with Crippen molar-refractivity contribution in [2.24, 2.45) is 11.0 Å². The number of pyridine rings is 1. The average molecular weight is 535 g/mol. The van der Waals surface area contributed by atoms with Gasteiger partial charge in [0.25, 0.3) is 0 Å². The summed E-state index contributed by atoms with van der Waals surface area (Å²) in [4.78, 5) is 7.06. The van der Waals surface area contributed by atoms with Crippen molar-refractivity contribution in [2.75, 3.05) is 31.6 Å². The van der Waals surface area contributed by atoms with Gasteiger partial charge in [-0.1, -0.05) is 44.2 Å². The Morgan fingerprint density at radius 1 is 0.949 bits per heavy atom. The average Bonchev–Trinajstić information content (AvgIpc) is 3.36. The van der Waals surface area contributed by atoms with Crippen LogP contribution in [0.4, 0.5) is 14.6 Å². The number of hydrogen-bond donors (Lipinski definition) is 2. The van der Waals surface area contributed by atoms with Crippen molar-refractivity contribution < 1.29 is 13.5 Å². The predicted molar refractivity (Wildman–Crippen MR) is 150 cm³/mol. The van der Waals surface area contributed by atoms with Crippen LogP contribution >= 0.6 is 0 Å². The number of piperidine rings is 1. The number of halogens is 2. The van der Waals surface area contributed by atoms with E-state index in [9.17, 15) is 8.78 Å². The minimum absolute atomic E-state index is 0.237. The summed E-state index contributed by atoms with van der Waals surface area (Å²) in [6, 6.07) is 12.5. The third kappa shape index (κ3) is 6.14. The zero-order valence-electron chi connectivity index (χ0n) is 22.8. The van der Waals surface area contributed by atoms with Crippen molar-refractivity contribution in [1.82, 2.24) is 21.1 Å². The Labute approximate surface area is 228 Å². The second kappa shape index (κ2) is 12.0. The maximum absolute atomic E-state index is 15.0. The van der Waals surface area contributed by atoms with Crippen molar-refractivity contribution in [3.63, 3.8) is 0 Å².